The molecule has 0 unspecified atom stereocenters. The molecule has 0 saturated heterocycles. The molecule has 3 aromatic rings. The fraction of sp³-hybridized carbons (Fsp3) is 0.231. The minimum atomic E-state index is -4.08. The second-order valence-electron chi connectivity index (χ2n) is 8.01. The molecule has 0 saturated carbocycles. The lowest BCUT2D eigenvalue weighted by molar-refractivity contribution is -0.139. The van der Waals surface area contributed by atoms with Gasteiger partial charge in [0.2, 0.25) is 11.8 Å². The van der Waals surface area contributed by atoms with Gasteiger partial charge in [0, 0.05) is 18.6 Å². The van der Waals surface area contributed by atoms with E-state index in [0.717, 1.165) is 4.31 Å². The first-order valence-electron chi connectivity index (χ1n) is 11.0. The first-order valence-corrected chi connectivity index (χ1v) is 12.9. The number of nitrogens with one attached hydrogen (secondary N) is 1. The van der Waals surface area contributed by atoms with E-state index in [1.807, 2.05) is 0 Å². The van der Waals surface area contributed by atoms with E-state index in [9.17, 15) is 18.0 Å². The Morgan fingerprint density at radius 1 is 0.943 bits per heavy atom. The molecule has 0 aliphatic rings. The highest BCUT2D eigenvalue weighted by Crippen LogP contribution is 2.27. The molecule has 7 nitrogen and oxygen atoms in total. The van der Waals surface area contributed by atoms with Gasteiger partial charge in [-0.1, -0.05) is 66.2 Å². The maximum Gasteiger partial charge on any atom is 0.264 e. The second-order valence-corrected chi connectivity index (χ2v) is 10.3. The minimum Gasteiger partial charge on any atom is -0.357 e. The van der Waals surface area contributed by atoms with Crippen LogP contribution >= 0.6 is 11.6 Å². The van der Waals surface area contributed by atoms with Crippen molar-refractivity contribution >= 4 is 39.1 Å². The number of hydrogen-bond acceptors (Lipinski definition) is 4. The standard InChI is InChI=1S/C26H28ClN3O4S/c1-19-11-7-10-16-24(19)30(35(33,34)22-13-5-4-6-14-22)18-25(31)29(20(2)26(32)28-3)17-21-12-8-9-15-23(21)27/h4-16,20H,17-18H2,1-3H3,(H,28,32)/t20-/m0/s1. The van der Waals surface area contributed by atoms with Crippen LogP contribution in [0.15, 0.2) is 83.8 Å². The highest BCUT2D eigenvalue weighted by Gasteiger charge is 2.32. The van der Waals surface area contributed by atoms with Crippen LogP contribution < -0.4 is 9.62 Å². The Morgan fingerprint density at radius 2 is 1.54 bits per heavy atom. The van der Waals surface area contributed by atoms with E-state index in [0.29, 0.717) is 21.8 Å². The molecule has 0 aliphatic heterocycles. The van der Waals surface area contributed by atoms with Gasteiger partial charge in [0.1, 0.15) is 12.6 Å². The van der Waals surface area contributed by atoms with Crippen LogP contribution in [0, 0.1) is 6.92 Å². The van der Waals surface area contributed by atoms with Crippen molar-refractivity contribution in [2.75, 3.05) is 17.9 Å². The number of rotatable bonds is 9. The molecule has 1 atom stereocenters. The Morgan fingerprint density at radius 3 is 2.17 bits per heavy atom. The number of carbonyl (C=O) groups excluding carboxylic acids is 2. The van der Waals surface area contributed by atoms with Crippen LogP contribution in [0.1, 0.15) is 18.1 Å². The molecule has 0 bridgehead atoms. The summed E-state index contributed by atoms with van der Waals surface area (Å²) in [6, 6.07) is 21.1. The number of aryl methyl sites for hydroxylation is 1. The molecule has 184 valence electrons. The number of para-hydroxylation sites is 1. The van der Waals surface area contributed by atoms with Gasteiger partial charge in [0.15, 0.2) is 0 Å². The van der Waals surface area contributed by atoms with E-state index < -0.39 is 28.5 Å². The maximum absolute atomic E-state index is 13.7. The van der Waals surface area contributed by atoms with Crippen LogP contribution in [-0.4, -0.2) is 44.8 Å². The summed E-state index contributed by atoms with van der Waals surface area (Å²) in [6.45, 7) is 2.92. The lowest BCUT2D eigenvalue weighted by atomic mass is 10.1. The van der Waals surface area contributed by atoms with Gasteiger partial charge in [0.05, 0.1) is 10.6 Å². The SMILES string of the molecule is CNC(=O)[C@H](C)N(Cc1ccccc1Cl)C(=O)CN(c1ccccc1C)S(=O)(=O)c1ccccc1. The van der Waals surface area contributed by atoms with E-state index in [4.69, 9.17) is 11.6 Å². The summed E-state index contributed by atoms with van der Waals surface area (Å²) in [5.41, 5.74) is 1.72. The number of sulfonamides is 1. The van der Waals surface area contributed by atoms with Crippen LogP contribution in [0.25, 0.3) is 0 Å². The molecule has 3 rings (SSSR count). The quantitative estimate of drug-likeness (QED) is 0.468. The summed E-state index contributed by atoms with van der Waals surface area (Å²) in [5.74, 6) is -0.914. The predicted molar refractivity (Wildman–Crippen MR) is 138 cm³/mol. The van der Waals surface area contributed by atoms with Gasteiger partial charge < -0.3 is 10.2 Å². The van der Waals surface area contributed by atoms with Crippen molar-refractivity contribution in [3.8, 4) is 0 Å². The number of halogens is 1. The normalized spacial score (nSPS) is 12.0. The van der Waals surface area contributed by atoms with Crippen molar-refractivity contribution < 1.29 is 18.0 Å². The topological polar surface area (TPSA) is 86.8 Å². The molecule has 0 aliphatic carbocycles. The number of anilines is 1. The molecule has 35 heavy (non-hydrogen) atoms. The first-order chi connectivity index (χ1) is 16.7. The average Bonchev–Trinajstić information content (AvgIpc) is 2.86. The van der Waals surface area contributed by atoms with Gasteiger partial charge in [-0.05, 0) is 49.2 Å². The third kappa shape index (κ3) is 6.01. The molecule has 0 fully saturated rings. The first kappa shape index (κ1) is 26.2. The van der Waals surface area contributed by atoms with Crippen molar-refractivity contribution in [3.63, 3.8) is 0 Å². The van der Waals surface area contributed by atoms with E-state index in [-0.39, 0.29) is 17.3 Å². The van der Waals surface area contributed by atoms with Gasteiger partial charge in [-0.3, -0.25) is 13.9 Å². The van der Waals surface area contributed by atoms with Crippen LogP contribution in [0.5, 0.6) is 0 Å². The second kappa shape index (κ2) is 11.4. The van der Waals surface area contributed by atoms with Gasteiger partial charge in [0.25, 0.3) is 10.0 Å². The molecule has 0 radical (unpaired) electrons. The molecule has 0 heterocycles. The third-order valence-electron chi connectivity index (χ3n) is 5.71. The fourth-order valence-corrected chi connectivity index (χ4v) is 5.37. The molecular formula is C26H28ClN3O4S. The fourth-order valence-electron chi connectivity index (χ4n) is 3.68. The van der Waals surface area contributed by atoms with Gasteiger partial charge in [-0.25, -0.2) is 8.42 Å². The number of hydrogen-bond donors (Lipinski definition) is 1. The Hall–Kier alpha value is -3.36. The smallest absolute Gasteiger partial charge is 0.264 e. The minimum absolute atomic E-state index is 0.0418. The van der Waals surface area contributed by atoms with E-state index in [2.05, 4.69) is 5.32 Å². The number of amides is 2. The largest absolute Gasteiger partial charge is 0.357 e. The summed E-state index contributed by atoms with van der Waals surface area (Å²) in [4.78, 5) is 27.6. The monoisotopic (exact) mass is 513 g/mol. The number of carbonyl (C=O) groups is 2. The van der Waals surface area contributed by atoms with Gasteiger partial charge in [-0.15, -0.1) is 0 Å². The zero-order valence-electron chi connectivity index (χ0n) is 19.8. The zero-order valence-corrected chi connectivity index (χ0v) is 21.4. The molecule has 3 aromatic carbocycles. The van der Waals surface area contributed by atoms with E-state index in [1.165, 1.54) is 24.1 Å². The summed E-state index contributed by atoms with van der Waals surface area (Å²) in [5, 5.41) is 3.00. The summed E-state index contributed by atoms with van der Waals surface area (Å²) >= 11 is 6.32. The maximum atomic E-state index is 13.7. The molecule has 9 heteroatoms. The summed E-state index contributed by atoms with van der Waals surface area (Å²) in [6.07, 6.45) is 0. The third-order valence-corrected chi connectivity index (χ3v) is 7.85. The highest BCUT2D eigenvalue weighted by molar-refractivity contribution is 7.92. The van der Waals surface area contributed by atoms with Gasteiger partial charge in [-0.2, -0.15) is 0 Å². The van der Waals surface area contributed by atoms with Crippen LogP contribution in [0.3, 0.4) is 0 Å². The molecule has 2 amide bonds. The van der Waals surface area contributed by atoms with Crippen molar-refractivity contribution in [2.24, 2.45) is 0 Å². The lowest BCUT2D eigenvalue weighted by Crippen LogP contribution is -2.50. The summed E-state index contributed by atoms with van der Waals surface area (Å²) in [7, 11) is -2.60. The summed E-state index contributed by atoms with van der Waals surface area (Å²) < 4.78 is 28.4. The Balaban J connectivity index is 2.05. The molecule has 1 N–H and O–H groups in total. The molecule has 0 spiro atoms. The van der Waals surface area contributed by atoms with Gasteiger partial charge >= 0.3 is 0 Å². The number of likely N-dealkylation sites (N-methyl/N-ethyl adjacent to an activating group) is 1. The van der Waals surface area contributed by atoms with Crippen molar-refractivity contribution in [1.82, 2.24) is 10.2 Å². The lowest BCUT2D eigenvalue weighted by Gasteiger charge is -2.32. The molecule has 0 aromatic heterocycles. The van der Waals surface area contributed by atoms with Crippen LogP contribution in [0.2, 0.25) is 5.02 Å². The van der Waals surface area contributed by atoms with Crippen molar-refractivity contribution in [1.29, 1.82) is 0 Å². The Bertz CT molecular complexity index is 1300. The van der Waals surface area contributed by atoms with Crippen LogP contribution in [0.4, 0.5) is 5.69 Å². The molecular weight excluding hydrogens is 486 g/mol. The average molecular weight is 514 g/mol. The van der Waals surface area contributed by atoms with E-state index >= 15 is 0 Å². The number of nitrogens with zero attached hydrogens (tertiary/aromatic N) is 2. The van der Waals surface area contributed by atoms with Crippen molar-refractivity contribution in [2.45, 2.75) is 31.3 Å². The highest BCUT2D eigenvalue weighted by atomic mass is 35.5. The van der Waals surface area contributed by atoms with E-state index in [1.54, 1.807) is 80.6 Å². The number of benzene rings is 3. The van der Waals surface area contributed by atoms with Crippen LogP contribution in [-0.2, 0) is 26.2 Å². The zero-order chi connectivity index (χ0) is 25.6. The van der Waals surface area contributed by atoms with Crippen molar-refractivity contribution in [3.05, 3.63) is 95.0 Å². The Kier molecular flexibility index (Phi) is 8.53. The predicted octanol–water partition coefficient (Wildman–Crippen LogP) is 4.01. The Labute approximate surface area is 211 Å².